The minimum absolute atomic E-state index is 0.122. The van der Waals surface area contributed by atoms with E-state index in [4.69, 9.17) is 0 Å². The van der Waals surface area contributed by atoms with E-state index in [0.717, 1.165) is 32.3 Å². The van der Waals surface area contributed by atoms with Crippen LogP contribution in [0.2, 0.25) is 0 Å². The van der Waals surface area contributed by atoms with E-state index in [1.807, 2.05) is 31.3 Å². The lowest BCUT2D eigenvalue weighted by Crippen LogP contribution is -3.08. The lowest BCUT2D eigenvalue weighted by Gasteiger charge is -2.12. The van der Waals surface area contributed by atoms with Crippen LogP contribution in [0.3, 0.4) is 0 Å². The van der Waals surface area contributed by atoms with E-state index in [9.17, 15) is 18.4 Å². The number of carbonyl (C=O) groups is 2. The number of nitrogens with zero attached hydrogens (tertiary/aromatic N) is 1. The Kier molecular flexibility index (Phi) is 6.27. The Balaban J connectivity index is 1.44. The number of para-hydroxylation sites is 1. The highest BCUT2D eigenvalue weighted by Gasteiger charge is 2.14. The Morgan fingerprint density at radius 2 is 1.89 bits per heavy atom. The van der Waals surface area contributed by atoms with E-state index < -0.39 is 17.5 Å². The van der Waals surface area contributed by atoms with Crippen molar-refractivity contribution in [1.29, 1.82) is 0 Å². The number of quaternary nitrogens is 1. The third-order valence-electron chi connectivity index (χ3n) is 3.90. The topological polar surface area (TPSA) is 75.5 Å². The molecule has 0 saturated heterocycles. The van der Waals surface area contributed by atoms with Gasteiger partial charge in [0.1, 0.15) is 11.6 Å². The SMILES string of the molecule is C[NH+](CC(=O)NCC(=O)Nc1ccc(F)c(F)c1)Cc1nc2ccccc2s1. The monoisotopic (exact) mass is 405 g/mol. The standard InChI is InChI=1S/C19H18F2N4O2S/c1-25(11-19-24-15-4-2-3-5-16(15)28-19)10-18(27)22-9-17(26)23-12-6-7-13(20)14(21)8-12/h2-8H,9-11H2,1H3,(H,22,27)(H,23,26)/p+1. The summed E-state index contributed by atoms with van der Waals surface area (Å²) in [6.45, 7) is 0.508. The van der Waals surface area contributed by atoms with Gasteiger partial charge >= 0.3 is 0 Å². The lowest BCUT2D eigenvalue weighted by atomic mass is 10.3. The highest BCUT2D eigenvalue weighted by molar-refractivity contribution is 7.18. The molecule has 0 radical (unpaired) electrons. The van der Waals surface area contributed by atoms with Crippen molar-refractivity contribution in [3.63, 3.8) is 0 Å². The number of anilines is 1. The number of rotatable bonds is 7. The van der Waals surface area contributed by atoms with Gasteiger partial charge in [-0.1, -0.05) is 12.1 Å². The van der Waals surface area contributed by atoms with Crippen LogP contribution >= 0.6 is 11.3 Å². The van der Waals surface area contributed by atoms with Crippen molar-refractivity contribution in [2.75, 3.05) is 25.5 Å². The van der Waals surface area contributed by atoms with Gasteiger partial charge in [0, 0.05) is 11.8 Å². The Morgan fingerprint density at radius 3 is 2.64 bits per heavy atom. The van der Waals surface area contributed by atoms with E-state index >= 15 is 0 Å². The van der Waals surface area contributed by atoms with Crippen molar-refractivity contribution in [3.8, 4) is 0 Å². The van der Waals surface area contributed by atoms with E-state index in [1.54, 1.807) is 11.3 Å². The molecule has 6 nitrogen and oxygen atoms in total. The summed E-state index contributed by atoms with van der Waals surface area (Å²) in [5, 5.41) is 5.85. The van der Waals surface area contributed by atoms with Gasteiger partial charge in [0.2, 0.25) is 5.91 Å². The van der Waals surface area contributed by atoms with Gasteiger partial charge in [0.25, 0.3) is 5.91 Å². The molecule has 0 aliphatic rings. The smallest absolute Gasteiger partial charge is 0.275 e. The molecule has 1 heterocycles. The number of fused-ring (bicyclic) bond motifs is 1. The number of amides is 2. The Morgan fingerprint density at radius 1 is 1.11 bits per heavy atom. The first kappa shape index (κ1) is 19.8. The van der Waals surface area contributed by atoms with Crippen molar-refractivity contribution >= 4 is 39.1 Å². The van der Waals surface area contributed by atoms with Crippen LogP contribution in [0.1, 0.15) is 5.01 Å². The molecule has 0 aliphatic carbocycles. The lowest BCUT2D eigenvalue weighted by molar-refractivity contribution is -0.885. The molecule has 9 heteroatoms. The summed E-state index contributed by atoms with van der Waals surface area (Å²) < 4.78 is 27.1. The summed E-state index contributed by atoms with van der Waals surface area (Å²) >= 11 is 1.59. The number of halogens is 2. The van der Waals surface area contributed by atoms with Crippen LogP contribution in [0, 0.1) is 11.6 Å². The van der Waals surface area contributed by atoms with Crippen molar-refractivity contribution in [2.45, 2.75) is 6.54 Å². The van der Waals surface area contributed by atoms with Crippen LogP contribution in [0.5, 0.6) is 0 Å². The number of carbonyl (C=O) groups excluding carboxylic acids is 2. The van der Waals surface area contributed by atoms with Gasteiger partial charge in [0.05, 0.1) is 23.8 Å². The van der Waals surface area contributed by atoms with Crippen LogP contribution in [0.4, 0.5) is 14.5 Å². The quantitative estimate of drug-likeness (QED) is 0.555. The normalized spacial score (nSPS) is 12.0. The molecule has 28 heavy (non-hydrogen) atoms. The van der Waals surface area contributed by atoms with Crippen molar-refractivity contribution < 1.29 is 23.3 Å². The minimum Gasteiger partial charge on any atom is -0.342 e. The molecule has 0 fully saturated rings. The number of aromatic nitrogens is 1. The first-order valence-electron chi connectivity index (χ1n) is 8.58. The minimum atomic E-state index is -1.05. The van der Waals surface area contributed by atoms with Crippen LogP contribution < -0.4 is 15.5 Å². The first-order valence-corrected chi connectivity index (χ1v) is 9.39. The number of hydrogen-bond acceptors (Lipinski definition) is 4. The molecular weight excluding hydrogens is 386 g/mol. The fourth-order valence-corrected chi connectivity index (χ4v) is 3.69. The van der Waals surface area contributed by atoms with Gasteiger partial charge in [0.15, 0.2) is 18.2 Å². The number of likely N-dealkylation sites (N-methyl/N-ethyl adjacent to an activating group) is 1. The second-order valence-electron chi connectivity index (χ2n) is 6.34. The Bertz CT molecular complexity index is 976. The summed E-state index contributed by atoms with van der Waals surface area (Å²) in [6, 6.07) is 10.9. The number of hydrogen-bond donors (Lipinski definition) is 3. The van der Waals surface area contributed by atoms with Crippen LogP contribution in [0.25, 0.3) is 10.2 Å². The zero-order chi connectivity index (χ0) is 20.1. The molecule has 0 bridgehead atoms. The van der Waals surface area contributed by atoms with Crippen LogP contribution in [0.15, 0.2) is 42.5 Å². The summed E-state index contributed by atoms with van der Waals surface area (Å²) in [7, 11) is 1.87. The third-order valence-corrected chi connectivity index (χ3v) is 4.94. The predicted octanol–water partition coefficient (Wildman–Crippen LogP) is 1.34. The average molecular weight is 405 g/mol. The number of thiazole rings is 1. The van der Waals surface area contributed by atoms with Crippen LogP contribution in [-0.4, -0.2) is 36.9 Å². The zero-order valence-corrected chi connectivity index (χ0v) is 15.9. The largest absolute Gasteiger partial charge is 0.342 e. The molecule has 0 spiro atoms. The summed E-state index contributed by atoms with van der Waals surface area (Å²) in [6.07, 6.45) is 0. The highest BCUT2D eigenvalue weighted by atomic mass is 32.1. The van der Waals surface area contributed by atoms with Gasteiger partial charge in [-0.25, -0.2) is 13.8 Å². The molecule has 1 atom stereocenters. The zero-order valence-electron chi connectivity index (χ0n) is 15.1. The maximum Gasteiger partial charge on any atom is 0.275 e. The molecule has 3 aromatic rings. The Labute approximate surface area is 164 Å². The molecule has 1 aromatic heterocycles. The second kappa shape index (κ2) is 8.85. The van der Waals surface area contributed by atoms with Gasteiger partial charge in [-0.15, -0.1) is 11.3 Å². The number of benzene rings is 2. The maximum atomic E-state index is 13.1. The van der Waals surface area contributed by atoms with E-state index in [0.29, 0.717) is 6.54 Å². The maximum absolute atomic E-state index is 13.1. The van der Waals surface area contributed by atoms with E-state index in [2.05, 4.69) is 15.6 Å². The molecular formula is C19H19F2N4O2S+. The summed E-state index contributed by atoms with van der Waals surface area (Å²) in [4.78, 5) is 29.3. The molecule has 0 saturated carbocycles. The second-order valence-corrected chi connectivity index (χ2v) is 7.45. The van der Waals surface area contributed by atoms with Gasteiger partial charge in [-0.05, 0) is 24.3 Å². The Hall–Kier alpha value is -2.91. The molecule has 3 N–H and O–H groups in total. The number of nitrogens with one attached hydrogen (secondary N) is 3. The fraction of sp³-hybridized carbons (Fsp3) is 0.211. The molecule has 1 unspecified atom stereocenters. The summed E-state index contributed by atoms with van der Waals surface area (Å²) in [5.74, 6) is -2.87. The fourth-order valence-electron chi connectivity index (χ4n) is 2.61. The first-order chi connectivity index (χ1) is 13.4. The highest BCUT2D eigenvalue weighted by Crippen LogP contribution is 2.20. The van der Waals surface area contributed by atoms with Crippen LogP contribution in [-0.2, 0) is 16.1 Å². The van der Waals surface area contributed by atoms with Crippen molar-refractivity contribution in [3.05, 3.63) is 59.1 Å². The van der Waals surface area contributed by atoms with Gasteiger partial charge in [-0.2, -0.15) is 0 Å². The van der Waals surface area contributed by atoms with Gasteiger partial charge < -0.3 is 15.5 Å². The average Bonchev–Trinajstić information content (AvgIpc) is 3.05. The van der Waals surface area contributed by atoms with Gasteiger partial charge in [-0.3, -0.25) is 9.59 Å². The van der Waals surface area contributed by atoms with E-state index in [1.165, 1.54) is 6.07 Å². The predicted molar refractivity (Wildman–Crippen MR) is 103 cm³/mol. The van der Waals surface area contributed by atoms with Crippen molar-refractivity contribution in [1.82, 2.24) is 10.3 Å². The summed E-state index contributed by atoms with van der Waals surface area (Å²) in [5.41, 5.74) is 1.06. The molecule has 0 aliphatic heterocycles. The van der Waals surface area contributed by atoms with E-state index in [-0.39, 0.29) is 24.7 Å². The molecule has 2 aromatic carbocycles. The molecule has 3 rings (SSSR count). The molecule has 2 amide bonds. The third kappa shape index (κ3) is 5.30. The van der Waals surface area contributed by atoms with Crippen molar-refractivity contribution in [2.24, 2.45) is 0 Å². The molecule has 146 valence electrons.